The van der Waals surface area contributed by atoms with Crippen LogP contribution in [0, 0.1) is 29.1 Å². The van der Waals surface area contributed by atoms with Crippen molar-refractivity contribution in [2.24, 2.45) is 29.1 Å². The van der Waals surface area contributed by atoms with Crippen LogP contribution in [0.5, 0.6) is 11.5 Å². The van der Waals surface area contributed by atoms with Gasteiger partial charge in [0.15, 0.2) is 11.6 Å². The topological polar surface area (TPSA) is 179 Å². The second-order valence-corrected chi connectivity index (χ2v) is 17.0. The summed E-state index contributed by atoms with van der Waals surface area (Å²) in [7, 11) is 0. The van der Waals surface area contributed by atoms with Gasteiger partial charge >= 0.3 is 11.9 Å². The molecule has 0 aromatic heterocycles. The van der Waals surface area contributed by atoms with Gasteiger partial charge in [-0.3, -0.25) is 19.2 Å². The lowest BCUT2D eigenvalue weighted by Crippen LogP contribution is -2.54. The van der Waals surface area contributed by atoms with E-state index in [0.717, 1.165) is 51.4 Å². The van der Waals surface area contributed by atoms with Crippen molar-refractivity contribution in [3.05, 3.63) is 157 Å². The Labute approximate surface area is 370 Å². The first-order chi connectivity index (χ1) is 30.3. The maximum atomic E-state index is 14.1. The zero-order chi connectivity index (χ0) is 44.9. The van der Waals surface area contributed by atoms with Gasteiger partial charge in [-0.15, -0.1) is 13.2 Å². The number of aliphatic hydroxyl groups is 2. The van der Waals surface area contributed by atoms with E-state index in [1.807, 2.05) is 12.2 Å². The minimum atomic E-state index is -1.87. The second kappa shape index (κ2) is 21.6. The number of nitrogen functional groups attached to an aromatic ring is 2. The molecule has 0 heterocycles. The molecule has 2 unspecified atom stereocenters. The SMILES string of the molecule is C=CC1CCC(C(=O)Oc2ccc(/C=C/C(=O)C(O)C(Cc3ccc(N)cc3)(Cc3ccc(N)cc3)C(O)C(=O)/C=C/c3ccc(OC(=O)C4CCC(C=C)CC4)cc3)cc2)CC1. The molecule has 2 aliphatic carbocycles. The van der Waals surface area contributed by atoms with Crippen LogP contribution in [0.3, 0.4) is 0 Å². The first-order valence-electron chi connectivity index (χ1n) is 21.7. The van der Waals surface area contributed by atoms with E-state index in [1.165, 1.54) is 24.3 Å². The average Bonchev–Trinajstić information content (AvgIpc) is 3.31. The van der Waals surface area contributed by atoms with Crippen LogP contribution < -0.4 is 20.9 Å². The lowest BCUT2D eigenvalue weighted by molar-refractivity contribution is -0.146. The van der Waals surface area contributed by atoms with Crippen molar-refractivity contribution in [3.8, 4) is 11.5 Å². The monoisotopic (exact) mass is 850 g/mol. The maximum Gasteiger partial charge on any atom is 0.314 e. The third kappa shape index (κ3) is 12.4. The minimum Gasteiger partial charge on any atom is -0.426 e. The molecule has 4 aromatic carbocycles. The van der Waals surface area contributed by atoms with Gasteiger partial charge in [-0.2, -0.15) is 0 Å². The molecule has 2 atom stereocenters. The fourth-order valence-corrected chi connectivity index (χ4v) is 8.61. The molecule has 2 saturated carbocycles. The smallest absolute Gasteiger partial charge is 0.314 e. The number of rotatable bonds is 18. The van der Waals surface area contributed by atoms with Crippen molar-refractivity contribution < 1.29 is 38.9 Å². The molecule has 2 aliphatic rings. The number of aliphatic hydroxyl groups excluding tert-OH is 2. The van der Waals surface area contributed by atoms with Crippen LogP contribution in [0.15, 0.2) is 135 Å². The van der Waals surface area contributed by atoms with E-state index in [4.69, 9.17) is 20.9 Å². The summed E-state index contributed by atoms with van der Waals surface area (Å²) >= 11 is 0. The molecular weight excluding hydrogens is 793 g/mol. The van der Waals surface area contributed by atoms with Gasteiger partial charge in [0, 0.05) is 16.8 Å². The number of carbonyl (C=O) groups is 4. The number of ketones is 2. The van der Waals surface area contributed by atoms with E-state index in [9.17, 15) is 29.4 Å². The molecule has 328 valence electrons. The second-order valence-electron chi connectivity index (χ2n) is 17.0. The van der Waals surface area contributed by atoms with E-state index in [1.54, 1.807) is 97.1 Å². The summed E-state index contributed by atoms with van der Waals surface area (Å²) in [6.45, 7) is 7.73. The third-order valence-electron chi connectivity index (χ3n) is 12.6. The molecule has 0 bridgehead atoms. The van der Waals surface area contributed by atoms with Gasteiger partial charge in [0.1, 0.15) is 23.7 Å². The van der Waals surface area contributed by atoms with Gasteiger partial charge in [-0.05, 0) is 159 Å². The lowest BCUT2D eigenvalue weighted by atomic mass is 9.66. The molecule has 63 heavy (non-hydrogen) atoms. The Hall–Kier alpha value is -6.36. The summed E-state index contributed by atoms with van der Waals surface area (Å²) in [4.78, 5) is 53.9. The summed E-state index contributed by atoms with van der Waals surface area (Å²) in [5.41, 5.74) is 13.7. The first-order valence-corrected chi connectivity index (χ1v) is 21.7. The molecular formula is C53H58N2O8. The largest absolute Gasteiger partial charge is 0.426 e. The van der Waals surface area contributed by atoms with Gasteiger partial charge in [0.2, 0.25) is 0 Å². The highest BCUT2D eigenvalue weighted by Gasteiger charge is 2.49. The molecule has 0 aliphatic heterocycles. The van der Waals surface area contributed by atoms with E-state index in [-0.39, 0.29) is 36.6 Å². The van der Waals surface area contributed by atoms with E-state index in [2.05, 4.69) is 13.2 Å². The highest BCUT2D eigenvalue weighted by Crippen LogP contribution is 2.38. The Balaban J connectivity index is 1.21. The van der Waals surface area contributed by atoms with Crippen molar-refractivity contribution in [3.63, 3.8) is 0 Å². The molecule has 6 rings (SSSR count). The predicted octanol–water partition coefficient (Wildman–Crippen LogP) is 8.71. The van der Waals surface area contributed by atoms with Crippen LogP contribution in [0.2, 0.25) is 0 Å². The Bertz CT molecular complexity index is 2100. The van der Waals surface area contributed by atoms with Crippen molar-refractivity contribution in [2.75, 3.05) is 11.5 Å². The Kier molecular flexibility index (Phi) is 15.8. The number of hydrogen-bond acceptors (Lipinski definition) is 10. The van der Waals surface area contributed by atoms with Crippen LogP contribution in [-0.4, -0.2) is 45.9 Å². The van der Waals surface area contributed by atoms with Crippen molar-refractivity contribution >= 4 is 47.0 Å². The standard InChI is InChI=1S/C53H58N2O8/c1-3-35-5-19-41(20-6-35)51(60)62-45-27-13-37(14-28-45)17-31-47(56)49(58)53(33-39-9-23-43(54)24-10-39,34-40-11-25-44(55)26-12-40)50(59)48(57)32-18-38-15-29-46(30-16-38)63-52(61)42-21-7-36(4-2)8-22-42/h3-4,9-18,23-32,35-36,41-42,49-50,58-59H,1-2,5-8,19-22,33-34,54-55H2/b31-17+,32-18+. The van der Waals surface area contributed by atoms with Crippen LogP contribution >= 0.6 is 0 Å². The fourth-order valence-electron chi connectivity index (χ4n) is 8.61. The zero-order valence-electron chi connectivity index (χ0n) is 35.6. The maximum absolute atomic E-state index is 14.1. The number of allylic oxidation sites excluding steroid dienone is 2. The molecule has 2 fully saturated rings. The van der Waals surface area contributed by atoms with E-state index >= 15 is 0 Å². The molecule has 0 radical (unpaired) electrons. The number of nitrogens with two attached hydrogens (primary N) is 2. The van der Waals surface area contributed by atoms with E-state index < -0.39 is 29.2 Å². The van der Waals surface area contributed by atoms with Crippen molar-refractivity contribution in [1.29, 1.82) is 0 Å². The number of anilines is 2. The minimum absolute atomic E-state index is 0.0796. The van der Waals surface area contributed by atoms with Crippen LogP contribution in [0.25, 0.3) is 12.2 Å². The van der Waals surface area contributed by atoms with Gasteiger partial charge in [0.05, 0.1) is 11.8 Å². The Morgan fingerprint density at radius 2 is 0.889 bits per heavy atom. The number of benzene rings is 4. The molecule has 0 saturated heterocycles. The number of hydrogen-bond donors (Lipinski definition) is 4. The molecule has 10 nitrogen and oxygen atoms in total. The van der Waals surface area contributed by atoms with Crippen molar-refractivity contribution in [2.45, 2.75) is 76.4 Å². The van der Waals surface area contributed by atoms with Crippen LogP contribution in [0.1, 0.15) is 73.6 Å². The van der Waals surface area contributed by atoms with Crippen LogP contribution in [0.4, 0.5) is 11.4 Å². The Morgan fingerprint density at radius 3 is 1.21 bits per heavy atom. The average molecular weight is 851 g/mol. The summed E-state index contributed by atoms with van der Waals surface area (Å²) in [5, 5.41) is 24.3. The molecule has 0 spiro atoms. The molecule has 4 aromatic rings. The van der Waals surface area contributed by atoms with Gasteiger partial charge < -0.3 is 31.2 Å². The highest BCUT2D eigenvalue weighted by atomic mass is 16.5. The molecule has 10 heteroatoms. The number of esters is 2. The van der Waals surface area contributed by atoms with E-state index in [0.29, 0.717) is 57.0 Å². The number of carbonyl (C=O) groups excluding carboxylic acids is 4. The highest BCUT2D eigenvalue weighted by molar-refractivity contribution is 6.01. The predicted molar refractivity (Wildman–Crippen MR) is 247 cm³/mol. The number of ether oxygens (including phenoxy) is 2. The quantitative estimate of drug-likeness (QED) is 0.0249. The Morgan fingerprint density at radius 1 is 0.556 bits per heavy atom. The fraction of sp³-hybridized carbons (Fsp3) is 0.321. The molecule has 6 N–H and O–H groups in total. The summed E-state index contributed by atoms with van der Waals surface area (Å²) < 4.78 is 11.3. The summed E-state index contributed by atoms with van der Waals surface area (Å²) in [6.07, 6.45) is 12.1. The van der Waals surface area contributed by atoms with Crippen LogP contribution in [-0.2, 0) is 32.0 Å². The van der Waals surface area contributed by atoms with Crippen molar-refractivity contribution in [1.82, 2.24) is 0 Å². The summed E-state index contributed by atoms with van der Waals surface area (Å²) in [5.74, 6) is -0.725. The lowest BCUT2D eigenvalue weighted by Gasteiger charge is -2.40. The summed E-state index contributed by atoms with van der Waals surface area (Å²) in [6, 6.07) is 27.0. The zero-order valence-corrected chi connectivity index (χ0v) is 35.6. The normalized spacial score (nSPS) is 20.1. The third-order valence-corrected chi connectivity index (χ3v) is 12.6. The first kappa shape index (κ1) is 46.2. The van der Waals surface area contributed by atoms with Gasteiger partial charge in [0.25, 0.3) is 0 Å². The van der Waals surface area contributed by atoms with Gasteiger partial charge in [-0.25, -0.2) is 0 Å². The van der Waals surface area contributed by atoms with Gasteiger partial charge in [-0.1, -0.05) is 72.8 Å². The molecule has 0 amide bonds.